The number of H-pyrrole nitrogens is 1. The fourth-order valence-electron chi connectivity index (χ4n) is 1.60. The SMILES string of the molecule is CC(C)CNC(=O)c1cc(Cl)cc2[nH]ncc12. The number of benzene rings is 1. The highest BCUT2D eigenvalue weighted by Crippen LogP contribution is 2.22. The first-order valence-electron chi connectivity index (χ1n) is 5.48. The van der Waals surface area contributed by atoms with Gasteiger partial charge in [0.1, 0.15) is 0 Å². The van der Waals surface area contributed by atoms with Crippen LogP contribution in [0.15, 0.2) is 18.3 Å². The largest absolute Gasteiger partial charge is 0.352 e. The molecule has 90 valence electrons. The van der Waals surface area contributed by atoms with Crippen molar-refractivity contribution in [3.63, 3.8) is 0 Å². The Bertz CT molecular complexity index is 548. The summed E-state index contributed by atoms with van der Waals surface area (Å²) in [5, 5.41) is 10.9. The van der Waals surface area contributed by atoms with Crippen molar-refractivity contribution in [2.45, 2.75) is 13.8 Å². The van der Waals surface area contributed by atoms with E-state index in [-0.39, 0.29) is 5.91 Å². The summed E-state index contributed by atoms with van der Waals surface area (Å²) in [6.07, 6.45) is 1.63. The van der Waals surface area contributed by atoms with E-state index in [1.54, 1.807) is 18.3 Å². The number of carbonyl (C=O) groups excluding carboxylic acids is 1. The number of aromatic amines is 1. The Balaban J connectivity index is 2.33. The minimum atomic E-state index is -0.118. The number of aromatic nitrogens is 2. The Hall–Kier alpha value is -1.55. The Morgan fingerprint density at radius 2 is 2.29 bits per heavy atom. The summed E-state index contributed by atoms with van der Waals surface area (Å²) in [5.74, 6) is 0.297. The van der Waals surface area contributed by atoms with Crippen LogP contribution in [0.4, 0.5) is 0 Å². The normalized spacial score (nSPS) is 11.1. The van der Waals surface area contributed by atoms with Crippen molar-refractivity contribution in [2.24, 2.45) is 5.92 Å². The van der Waals surface area contributed by atoms with Crippen LogP contribution < -0.4 is 5.32 Å². The van der Waals surface area contributed by atoms with Gasteiger partial charge >= 0.3 is 0 Å². The number of hydrogen-bond acceptors (Lipinski definition) is 2. The smallest absolute Gasteiger partial charge is 0.252 e. The van der Waals surface area contributed by atoms with E-state index in [1.165, 1.54) is 0 Å². The molecule has 2 aromatic rings. The Morgan fingerprint density at radius 3 is 3.00 bits per heavy atom. The second-order valence-electron chi connectivity index (χ2n) is 4.39. The van der Waals surface area contributed by atoms with E-state index in [2.05, 4.69) is 15.5 Å². The number of hydrogen-bond donors (Lipinski definition) is 2. The van der Waals surface area contributed by atoms with Gasteiger partial charge in [0.25, 0.3) is 5.91 Å². The van der Waals surface area contributed by atoms with Gasteiger partial charge in [-0.1, -0.05) is 25.4 Å². The van der Waals surface area contributed by atoms with Crippen LogP contribution in [0.3, 0.4) is 0 Å². The zero-order chi connectivity index (χ0) is 12.4. The molecular formula is C12H14ClN3O. The first-order chi connectivity index (χ1) is 8.08. The van der Waals surface area contributed by atoms with Crippen LogP contribution in [0.25, 0.3) is 10.9 Å². The number of rotatable bonds is 3. The number of amides is 1. The van der Waals surface area contributed by atoms with E-state index in [0.717, 1.165) is 10.9 Å². The van der Waals surface area contributed by atoms with E-state index in [0.29, 0.717) is 23.0 Å². The van der Waals surface area contributed by atoms with Gasteiger partial charge in [0, 0.05) is 17.0 Å². The maximum Gasteiger partial charge on any atom is 0.252 e. The fourth-order valence-corrected chi connectivity index (χ4v) is 1.81. The number of nitrogens with one attached hydrogen (secondary N) is 2. The average Bonchev–Trinajstić information content (AvgIpc) is 2.72. The molecule has 0 spiro atoms. The van der Waals surface area contributed by atoms with Gasteiger partial charge in [-0.15, -0.1) is 0 Å². The molecule has 1 amide bonds. The Morgan fingerprint density at radius 1 is 1.53 bits per heavy atom. The summed E-state index contributed by atoms with van der Waals surface area (Å²) in [4.78, 5) is 12.0. The van der Waals surface area contributed by atoms with Gasteiger partial charge < -0.3 is 5.32 Å². The lowest BCUT2D eigenvalue weighted by Gasteiger charge is -2.08. The molecule has 1 aromatic heterocycles. The van der Waals surface area contributed by atoms with Crippen molar-refractivity contribution < 1.29 is 4.79 Å². The quantitative estimate of drug-likeness (QED) is 0.881. The zero-order valence-corrected chi connectivity index (χ0v) is 10.5. The van der Waals surface area contributed by atoms with Crippen LogP contribution in [-0.4, -0.2) is 22.6 Å². The first-order valence-corrected chi connectivity index (χ1v) is 5.86. The first kappa shape index (κ1) is 11.9. The summed E-state index contributed by atoms with van der Waals surface area (Å²) in [6.45, 7) is 4.74. The van der Waals surface area contributed by atoms with Gasteiger partial charge in [-0.2, -0.15) is 5.10 Å². The highest BCUT2D eigenvalue weighted by atomic mass is 35.5. The predicted octanol–water partition coefficient (Wildman–Crippen LogP) is 2.60. The lowest BCUT2D eigenvalue weighted by Crippen LogP contribution is -2.27. The van der Waals surface area contributed by atoms with Crippen LogP contribution in [0.5, 0.6) is 0 Å². The predicted molar refractivity (Wildman–Crippen MR) is 68.3 cm³/mol. The van der Waals surface area contributed by atoms with Crippen LogP contribution in [0.1, 0.15) is 24.2 Å². The molecule has 4 nitrogen and oxygen atoms in total. The zero-order valence-electron chi connectivity index (χ0n) is 9.75. The number of fused-ring (bicyclic) bond motifs is 1. The van der Waals surface area contributed by atoms with E-state index in [9.17, 15) is 4.79 Å². The summed E-state index contributed by atoms with van der Waals surface area (Å²) in [6, 6.07) is 3.41. The van der Waals surface area contributed by atoms with Gasteiger partial charge in [0.2, 0.25) is 0 Å². The molecule has 1 heterocycles. The van der Waals surface area contributed by atoms with E-state index in [1.807, 2.05) is 13.8 Å². The third kappa shape index (κ3) is 2.58. The molecule has 0 aliphatic carbocycles. The minimum Gasteiger partial charge on any atom is -0.352 e. The maximum absolute atomic E-state index is 12.0. The fraction of sp³-hybridized carbons (Fsp3) is 0.333. The minimum absolute atomic E-state index is 0.118. The highest BCUT2D eigenvalue weighted by Gasteiger charge is 2.12. The standard InChI is InChI=1S/C12H14ClN3O/c1-7(2)5-14-12(17)9-3-8(13)4-11-10(9)6-15-16-11/h3-4,6-7H,5H2,1-2H3,(H,14,17)(H,15,16). The van der Waals surface area contributed by atoms with Crippen molar-refractivity contribution in [3.8, 4) is 0 Å². The van der Waals surface area contributed by atoms with Crippen molar-refractivity contribution in [2.75, 3.05) is 6.54 Å². The summed E-state index contributed by atoms with van der Waals surface area (Å²) in [7, 11) is 0. The monoisotopic (exact) mass is 251 g/mol. The van der Waals surface area contributed by atoms with Gasteiger partial charge in [0.15, 0.2) is 0 Å². The van der Waals surface area contributed by atoms with Crippen molar-refractivity contribution in [1.29, 1.82) is 0 Å². The molecule has 0 aliphatic heterocycles. The lowest BCUT2D eigenvalue weighted by molar-refractivity contribution is 0.0950. The van der Waals surface area contributed by atoms with Gasteiger partial charge in [0.05, 0.1) is 17.3 Å². The molecule has 5 heteroatoms. The molecule has 0 aliphatic rings. The lowest BCUT2D eigenvalue weighted by atomic mass is 10.1. The Kier molecular flexibility index (Phi) is 3.33. The van der Waals surface area contributed by atoms with E-state index in [4.69, 9.17) is 11.6 Å². The van der Waals surface area contributed by atoms with Crippen molar-refractivity contribution >= 4 is 28.4 Å². The second kappa shape index (κ2) is 4.75. The molecule has 1 aromatic carbocycles. The van der Waals surface area contributed by atoms with Crippen LogP contribution in [0.2, 0.25) is 5.02 Å². The van der Waals surface area contributed by atoms with E-state index >= 15 is 0 Å². The summed E-state index contributed by atoms with van der Waals surface area (Å²) >= 11 is 5.96. The molecule has 2 N–H and O–H groups in total. The van der Waals surface area contributed by atoms with Crippen molar-refractivity contribution in [1.82, 2.24) is 15.5 Å². The van der Waals surface area contributed by atoms with Gasteiger partial charge in [-0.25, -0.2) is 0 Å². The molecule has 0 unspecified atom stereocenters. The third-order valence-corrected chi connectivity index (χ3v) is 2.66. The number of nitrogens with zero attached hydrogens (tertiary/aromatic N) is 1. The van der Waals surface area contributed by atoms with E-state index < -0.39 is 0 Å². The van der Waals surface area contributed by atoms with Crippen LogP contribution in [0, 0.1) is 5.92 Å². The Labute approximate surface area is 104 Å². The topological polar surface area (TPSA) is 57.8 Å². The molecular weight excluding hydrogens is 238 g/mol. The van der Waals surface area contributed by atoms with Gasteiger partial charge in [-0.3, -0.25) is 9.89 Å². The molecule has 0 bridgehead atoms. The highest BCUT2D eigenvalue weighted by molar-refractivity contribution is 6.32. The average molecular weight is 252 g/mol. The number of carbonyl (C=O) groups is 1. The molecule has 0 saturated carbocycles. The summed E-state index contributed by atoms with van der Waals surface area (Å²) in [5.41, 5.74) is 1.33. The molecule has 0 saturated heterocycles. The second-order valence-corrected chi connectivity index (χ2v) is 4.82. The van der Waals surface area contributed by atoms with Crippen LogP contribution in [-0.2, 0) is 0 Å². The van der Waals surface area contributed by atoms with Crippen molar-refractivity contribution in [3.05, 3.63) is 28.9 Å². The molecule has 17 heavy (non-hydrogen) atoms. The van der Waals surface area contributed by atoms with Gasteiger partial charge in [-0.05, 0) is 18.1 Å². The third-order valence-electron chi connectivity index (χ3n) is 2.44. The summed E-state index contributed by atoms with van der Waals surface area (Å²) < 4.78 is 0. The molecule has 2 rings (SSSR count). The molecule has 0 atom stereocenters. The number of halogens is 1. The molecule has 0 radical (unpaired) electrons. The molecule has 0 fully saturated rings. The van der Waals surface area contributed by atoms with Crippen LogP contribution >= 0.6 is 11.6 Å². The maximum atomic E-state index is 12.0.